The van der Waals surface area contributed by atoms with Gasteiger partial charge in [0.2, 0.25) is 0 Å². The van der Waals surface area contributed by atoms with Crippen LogP contribution in [0.25, 0.3) is 0 Å². The summed E-state index contributed by atoms with van der Waals surface area (Å²) in [6.07, 6.45) is 2.64. The zero-order valence-electron chi connectivity index (χ0n) is 10.2. The molecule has 1 rings (SSSR count). The van der Waals surface area contributed by atoms with E-state index in [0.29, 0.717) is 5.56 Å². The van der Waals surface area contributed by atoms with Crippen LogP contribution in [0.3, 0.4) is 0 Å². The molecule has 17 heavy (non-hydrogen) atoms. The first kappa shape index (κ1) is 14.4. The molecule has 0 aliphatic rings. The molecule has 1 nitrogen and oxygen atoms in total. The fraction of sp³-hybridized carbons (Fsp3) is 0.538. The summed E-state index contributed by atoms with van der Waals surface area (Å²) >= 11 is 5.54. The van der Waals surface area contributed by atoms with Crippen LogP contribution in [0.1, 0.15) is 44.7 Å². The Labute approximate surface area is 106 Å². The number of hydrogen-bond donors (Lipinski definition) is 1. The molecule has 0 heterocycles. The highest BCUT2D eigenvalue weighted by atomic mass is 35.5. The van der Waals surface area contributed by atoms with Gasteiger partial charge in [0.15, 0.2) is 0 Å². The quantitative estimate of drug-likeness (QED) is 0.746. The summed E-state index contributed by atoms with van der Waals surface area (Å²) < 4.78 is 27.1. The highest BCUT2D eigenvalue weighted by Crippen LogP contribution is 2.26. The standard InChI is InChI=1S/C13H18ClF2N/c1-3-5-13(17-6-4-2)9-7-12(16)10(14)8-11(9)15/h7-8,13,17H,3-6H2,1-2H3. The van der Waals surface area contributed by atoms with E-state index in [4.69, 9.17) is 11.6 Å². The monoisotopic (exact) mass is 261 g/mol. The van der Waals surface area contributed by atoms with Crippen LogP contribution < -0.4 is 5.32 Å². The van der Waals surface area contributed by atoms with Gasteiger partial charge < -0.3 is 5.32 Å². The number of benzene rings is 1. The summed E-state index contributed by atoms with van der Waals surface area (Å²) in [6, 6.07) is 2.09. The van der Waals surface area contributed by atoms with Crippen molar-refractivity contribution in [3.63, 3.8) is 0 Å². The van der Waals surface area contributed by atoms with Crippen LogP contribution in [0.2, 0.25) is 5.02 Å². The molecular formula is C13H18ClF2N. The van der Waals surface area contributed by atoms with Gasteiger partial charge in [-0.15, -0.1) is 0 Å². The SMILES string of the molecule is CCCNC(CCC)c1cc(F)c(Cl)cc1F. The molecule has 0 aliphatic carbocycles. The number of hydrogen-bond acceptors (Lipinski definition) is 1. The Morgan fingerprint density at radius 3 is 2.47 bits per heavy atom. The second-order valence-electron chi connectivity index (χ2n) is 4.08. The van der Waals surface area contributed by atoms with Gasteiger partial charge in [-0.25, -0.2) is 8.78 Å². The highest BCUT2D eigenvalue weighted by molar-refractivity contribution is 6.30. The Balaban J connectivity index is 2.96. The Hall–Kier alpha value is -0.670. The third kappa shape index (κ3) is 3.93. The van der Waals surface area contributed by atoms with E-state index in [1.807, 2.05) is 13.8 Å². The van der Waals surface area contributed by atoms with Crippen molar-refractivity contribution in [3.8, 4) is 0 Å². The average molecular weight is 262 g/mol. The van der Waals surface area contributed by atoms with Gasteiger partial charge in [-0.1, -0.05) is 31.9 Å². The van der Waals surface area contributed by atoms with Crippen molar-refractivity contribution in [1.82, 2.24) is 5.32 Å². The van der Waals surface area contributed by atoms with Crippen molar-refractivity contribution in [1.29, 1.82) is 0 Å². The molecule has 1 N–H and O–H groups in total. The Morgan fingerprint density at radius 2 is 1.88 bits per heavy atom. The van der Waals surface area contributed by atoms with Gasteiger partial charge in [-0.3, -0.25) is 0 Å². The number of nitrogens with one attached hydrogen (secondary N) is 1. The molecule has 0 saturated heterocycles. The van der Waals surface area contributed by atoms with Crippen LogP contribution >= 0.6 is 11.6 Å². The molecule has 0 fully saturated rings. The first-order valence-electron chi connectivity index (χ1n) is 5.98. The Morgan fingerprint density at radius 1 is 1.18 bits per heavy atom. The van der Waals surface area contributed by atoms with Gasteiger partial charge in [0.1, 0.15) is 11.6 Å². The van der Waals surface area contributed by atoms with E-state index in [0.717, 1.165) is 31.9 Å². The molecule has 1 atom stereocenters. The second-order valence-corrected chi connectivity index (χ2v) is 4.49. The topological polar surface area (TPSA) is 12.0 Å². The fourth-order valence-corrected chi connectivity index (χ4v) is 1.93. The van der Waals surface area contributed by atoms with Gasteiger partial charge in [-0.05, 0) is 31.5 Å². The van der Waals surface area contributed by atoms with E-state index in [-0.39, 0.29) is 11.1 Å². The molecular weight excluding hydrogens is 244 g/mol. The molecule has 0 aliphatic heterocycles. The minimum Gasteiger partial charge on any atom is -0.310 e. The van der Waals surface area contributed by atoms with E-state index < -0.39 is 11.6 Å². The molecule has 96 valence electrons. The molecule has 0 bridgehead atoms. The van der Waals surface area contributed by atoms with Crippen LogP contribution in [0.4, 0.5) is 8.78 Å². The van der Waals surface area contributed by atoms with E-state index in [1.54, 1.807) is 0 Å². The van der Waals surface area contributed by atoms with Gasteiger partial charge in [0, 0.05) is 11.6 Å². The molecule has 1 unspecified atom stereocenters. The van der Waals surface area contributed by atoms with E-state index >= 15 is 0 Å². The van der Waals surface area contributed by atoms with E-state index in [1.165, 1.54) is 6.07 Å². The zero-order valence-corrected chi connectivity index (χ0v) is 11.0. The fourth-order valence-electron chi connectivity index (χ4n) is 1.78. The van der Waals surface area contributed by atoms with Crippen LogP contribution in [0, 0.1) is 11.6 Å². The van der Waals surface area contributed by atoms with Crippen molar-refractivity contribution in [2.75, 3.05) is 6.54 Å². The minimum absolute atomic E-state index is 0.147. The van der Waals surface area contributed by atoms with Crippen LogP contribution in [-0.4, -0.2) is 6.54 Å². The first-order chi connectivity index (χ1) is 8.10. The maximum absolute atomic E-state index is 13.7. The lowest BCUT2D eigenvalue weighted by Gasteiger charge is -2.19. The highest BCUT2D eigenvalue weighted by Gasteiger charge is 2.17. The normalized spacial score (nSPS) is 12.8. The summed E-state index contributed by atoms with van der Waals surface area (Å²) in [7, 11) is 0. The Kier molecular flexibility index (Phi) is 5.86. The van der Waals surface area contributed by atoms with E-state index in [9.17, 15) is 8.78 Å². The van der Waals surface area contributed by atoms with Gasteiger partial charge >= 0.3 is 0 Å². The summed E-state index contributed by atoms with van der Waals surface area (Å²) in [6.45, 7) is 4.84. The molecule has 0 saturated carbocycles. The summed E-state index contributed by atoms with van der Waals surface area (Å²) in [4.78, 5) is 0. The lowest BCUT2D eigenvalue weighted by Crippen LogP contribution is -2.23. The smallest absolute Gasteiger partial charge is 0.142 e. The summed E-state index contributed by atoms with van der Waals surface area (Å²) in [5.41, 5.74) is 0.363. The third-order valence-electron chi connectivity index (χ3n) is 2.63. The van der Waals surface area contributed by atoms with Crippen molar-refractivity contribution >= 4 is 11.6 Å². The summed E-state index contributed by atoms with van der Waals surface area (Å²) in [5.74, 6) is -1.01. The largest absolute Gasteiger partial charge is 0.310 e. The molecule has 1 aromatic carbocycles. The summed E-state index contributed by atoms with van der Waals surface area (Å²) in [5, 5.41) is 3.05. The molecule has 1 aromatic rings. The minimum atomic E-state index is -0.567. The van der Waals surface area contributed by atoms with Crippen molar-refractivity contribution in [3.05, 3.63) is 34.4 Å². The van der Waals surface area contributed by atoms with Crippen LogP contribution in [-0.2, 0) is 0 Å². The molecule has 4 heteroatoms. The third-order valence-corrected chi connectivity index (χ3v) is 2.92. The second kappa shape index (κ2) is 6.92. The van der Waals surface area contributed by atoms with Crippen LogP contribution in [0.15, 0.2) is 12.1 Å². The van der Waals surface area contributed by atoms with E-state index in [2.05, 4.69) is 5.32 Å². The van der Waals surface area contributed by atoms with Gasteiger partial charge in [0.25, 0.3) is 0 Å². The van der Waals surface area contributed by atoms with Crippen molar-refractivity contribution in [2.24, 2.45) is 0 Å². The van der Waals surface area contributed by atoms with Crippen molar-refractivity contribution < 1.29 is 8.78 Å². The van der Waals surface area contributed by atoms with Gasteiger partial charge in [0.05, 0.1) is 5.02 Å². The van der Waals surface area contributed by atoms with Crippen LogP contribution in [0.5, 0.6) is 0 Å². The molecule has 0 radical (unpaired) electrons. The molecule has 0 amide bonds. The first-order valence-corrected chi connectivity index (χ1v) is 6.35. The molecule has 0 aromatic heterocycles. The number of halogens is 3. The predicted octanol–water partition coefficient (Wildman–Crippen LogP) is 4.46. The maximum atomic E-state index is 13.7. The van der Waals surface area contributed by atoms with Gasteiger partial charge in [-0.2, -0.15) is 0 Å². The lowest BCUT2D eigenvalue weighted by atomic mass is 10.0. The van der Waals surface area contributed by atoms with Crippen molar-refractivity contribution in [2.45, 2.75) is 39.2 Å². The lowest BCUT2D eigenvalue weighted by molar-refractivity contribution is 0.465. The Bertz CT molecular complexity index is 369. The maximum Gasteiger partial charge on any atom is 0.142 e. The zero-order chi connectivity index (χ0) is 12.8. The predicted molar refractivity (Wildman–Crippen MR) is 67.3 cm³/mol. The average Bonchev–Trinajstić information content (AvgIpc) is 2.29. The number of rotatable bonds is 6. The molecule has 0 spiro atoms.